The maximum atomic E-state index is 8.02. The standard InChI is InChI=1S/C7H8O2.C4H10/c8-9-6-7-4-2-1-3-5-7;1-3-4-2/h1-5,8H,6H2;3-4H2,1-2H3. The van der Waals surface area contributed by atoms with Crippen molar-refractivity contribution in [1.82, 2.24) is 0 Å². The van der Waals surface area contributed by atoms with E-state index in [0.717, 1.165) is 5.56 Å². The van der Waals surface area contributed by atoms with E-state index in [4.69, 9.17) is 5.26 Å². The van der Waals surface area contributed by atoms with Gasteiger partial charge in [0.2, 0.25) is 0 Å². The van der Waals surface area contributed by atoms with Gasteiger partial charge in [0.1, 0.15) is 6.61 Å². The predicted molar refractivity (Wildman–Crippen MR) is 54.4 cm³/mol. The van der Waals surface area contributed by atoms with E-state index in [1.807, 2.05) is 30.3 Å². The predicted octanol–water partition coefficient (Wildman–Crippen LogP) is 3.48. The van der Waals surface area contributed by atoms with Gasteiger partial charge in [-0.3, -0.25) is 5.26 Å². The third-order valence-electron chi connectivity index (χ3n) is 1.57. The van der Waals surface area contributed by atoms with Crippen molar-refractivity contribution in [2.24, 2.45) is 0 Å². The molecule has 0 bridgehead atoms. The fraction of sp³-hybridized carbons (Fsp3) is 0.455. The smallest absolute Gasteiger partial charge is 0.107 e. The van der Waals surface area contributed by atoms with Crippen molar-refractivity contribution in [3.8, 4) is 0 Å². The lowest BCUT2D eigenvalue weighted by molar-refractivity contribution is -0.253. The Bertz CT molecular complexity index is 183. The second-order valence-corrected chi connectivity index (χ2v) is 2.76. The fourth-order valence-electron chi connectivity index (χ4n) is 0.649. The minimum absolute atomic E-state index is 0.265. The van der Waals surface area contributed by atoms with Crippen molar-refractivity contribution in [2.75, 3.05) is 0 Å². The minimum atomic E-state index is 0.265. The zero-order valence-corrected chi connectivity index (χ0v) is 8.36. The molecule has 2 nitrogen and oxygen atoms in total. The molecule has 0 unspecified atom stereocenters. The van der Waals surface area contributed by atoms with Crippen LogP contribution in [0.4, 0.5) is 0 Å². The van der Waals surface area contributed by atoms with Gasteiger partial charge in [-0.05, 0) is 5.56 Å². The molecule has 0 radical (unpaired) electrons. The molecule has 0 aromatic heterocycles. The second kappa shape index (κ2) is 9.23. The summed E-state index contributed by atoms with van der Waals surface area (Å²) < 4.78 is 0. The first-order valence-corrected chi connectivity index (χ1v) is 4.65. The van der Waals surface area contributed by atoms with Crippen molar-refractivity contribution >= 4 is 0 Å². The van der Waals surface area contributed by atoms with Crippen LogP contribution in [0.25, 0.3) is 0 Å². The van der Waals surface area contributed by atoms with Crippen LogP contribution in [0.2, 0.25) is 0 Å². The molecule has 1 aromatic rings. The number of hydrogen-bond acceptors (Lipinski definition) is 2. The number of unbranched alkanes of at least 4 members (excludes halogenated alkanes) is 1. The molecule has 0 aliphatic carbocycles. The van der Waals surface area contributed by atoms with Crippen molar-refractivity contribution in [1.29, 1.82) is 0 Å². The highest BCUT2D eigenvalue weighted by atomic mass is 17.1. The summed E-state index contributed by atoms with van der Waals surface area (Å²) in [4.78, 5) is 3.93. The van der Waals surface area contributed by atoms with Gasteiger partial charge in [0.05, 0.1) is 0 Å². The molecular formula is C11H18O2. The number of benzene rings is 1. The largest absolute Gasteiger partial charge is 0.251 e. The Labute approximate surface area is 80.1 Å². The highest BCUT2D eigenvalue weighted by Crippen LogP contribution is 1.98. The summed E-state index contributed by atoms with van der Waals surface area (Å²) >= 11 is 0. The molecule has 0 aliphatic heterocycles. The van der Waals surface area contributed by atoms with Crippen molar-refractivity contribution in [2.45, 2.75) is 33.3 Å². The lowest BCUT2D eigenvalue weighted by atomic mass is 10.2. The lowest BCUT2D eigenvalue weighted by Crippen LogP contribution is -1.84. The van der Waals surface area contributed by atoms with Gasteiger partial charge in [-0.25, -0.2) is 4.89 Å². The normalized spacial score (nSPS) is 8.85. The summed E-state index contributed by atoms with van der Waals surface area (Å²) in [5, 5.41) is 8.02. The Morgan fingerprint density at radius 2 is 1.62 bits per heavy atom. The van der Waals surface area contributed by atoms with Crippen molar-refractivity contribution in [3.05, 3.63) is 35.9 Å². The molecule has 13 heavy (non-hydrogen) atoms. The average molecular weight is 182 g/mol. The molecule has 0 saturated carbocycles. The van der Waals surface area contributed by atoms with Gasteiger partial charge in [0.25, 0.3) is 0 Å². The molecule has 2 heteroatoms. The molecule has 0 amide bonds. The van der Waals surface area contributed by atoms with E-state index in [2.05, 4.69) is 18.7 Å². The van der Waals surface area contributed by atoms with Gasteiger partial charge in [0.15, 0.2) is 0 Å². The highest BCUT2D eigenvalue weighted by molar-refractivity contribution is 5.13. The van der Waals surface area contributed by atoms with Crippen LogP contribution in [0, 0.1) is 0 Å². The van der Waals surface area contributed by atoms with Crippen LogP contribution in [0.3, 0.4) is 0 Å². The third-order valence-corrected chi connectivity index (χ3v) is 1.57. The Morgan fingerprint density at radius 3 is 2.00 bits per heavy atom. The van der Waals surface area contributed by atoms with Crippen molar-refractivity contribution in [3.63, 3.8) is 0 Å². The van der Waals surface area contributed by atoms with Crippen LogP contribution in [-0.4, -0.2) is 5.26 Å². The van der Waals surface area contributed by atoms with E-state index >= 15 is 0 Å². The van der Waals surface area contributed by atoms with Gasteiger partial charge in [-0.1, -0.05) is 57.0 Å². The summed E-state index contributed by atoms with van der Waals surface area (Å²) in [7, 11) is 0. The average Bonchev–Trinajstić information content (AvgIpc) is 2.20. The number of rotatable bonds is 3. The monoisotopic (exact) mass is 182 g/mol. The molecule has 0 spiro atoms. The summed E-state index contributed by atoms with van der Waals surface area (Å²) in [6.45, 7) is 4.63. The van der Waals surface area contributed by atoms with Gasteiger partial charge in [-0.2, -0.15) is 0 Å². The fourth-order valence-corrected chi connectivity index (χ4v) is 0.649. The van der Waals surface area contributed by atoms with Crippen LogP contribution < -0.4 is 0 Å². The van der Waals surface area contributed by atoms with Crippen LogP contribution in [0.15, 0.2) is 30.3 Å². The van der Waals surface area contributed by atoms with Crippen LogP contribution in [0.1, 0.15) is 32.3 Å². The van der Waals surface area contributed by atoms with E-state index in [9.17, 15) is 0 Å². The summed E-state index contributed by atoms with van der Waals surface area (Å²) in [5.74, 6) is 0. The van der Waals surface area contributed by atoms with E-state index < -0.39 is 0 Å². The van der Waals surface area contributed by atoms with Gasteiger partial charge in [-0.15, -0.1) is 0 Å². The Morgan fingerprint density at radius 1 is 1.08 bits per heavy atom. The summed E-state index contributed by atoms with van der Waals surface area (Å²) in [6.07, 6.45) is 2.64. The lowest BCUT2D eigenvalue weighted by Gasteiger charge is -1.93. The Balaban J connectivity index is 0.000000310. The maximum absolute atomic E-state index is 8.02. The summed E-state index contributed by atoms with van der Waals surface area (Å²) in [5.41, 5.74) is 0.972. The molecule has 0 saturated heterocycles. The number of hydrogen-bond donors (Lipinski definition) is 1. The Hall–Kier alpha value is -0.860. The molecule has 0 fully saturated rings. The first-order chi connectivity index (χ1) is 6.35. The molecular weight excluding hydrogens is 164 g/mol. The quantitative estimate of drug-likeness (QED) is 0.572. The highest BCUT2D eigenvalue weighted by Gasteiger charge is 1.86. The molecule has 74 valence electrons. The first kappa shape index (κ1) is 12.1. The topological polar surface area (TPSA) is 29.5 Å². The van der Waals surface area contributed by atoms with E-state index in [1.165, 1.54) is 12.8 Å². The van der Waals surface area contributed by atoms with E-state index in [0.29, 0.717) is 0 Å². The van der Waals surface area contributed by atoms with Gasteiger partial charge < -0.3 is 0 Å². The second-order valence-electron chi connectivity index (χ2n) is 2.76. The molecule has 0 aliphatic rings. The van der Waals surface area contributed by atoms with Crippen LogP contribution in [-0.2, 0) is 11.5 Å². The first-order valence-electron chi connectivity index (χ1n) is 4.65. The molecule has 1 N–H and O–H groups in total. The van der Waals surface area contributed by atoms with E-state index in [-0.39, 0.29) is 6.61 Å². The molecule has 1 rings (SSSR count). The Kier molecular flexibility index (Phi) is 8.62. The SMILES string of the molecule is CCCC.OOCc1ccccc1. The van der Waals surface area contributed by atoms with Crippen LogP contribution in [0.5, 0.6) is 0 Å². The van der Waals surface area contributed by atoms with Gasteiger partial charge >= 0.3 is 0 Å². The van der Waals surface area contributed by atoms with Crippen molar-refractivity contribution < 1.29 is 10.1 Å². The minimum Gasteiger partial charge on any atom is -0.251 e. The maximum Gasteiger partial charge on any atom is 0.107 e. The van der Waals surface area contributed by atoms with Gasteiger partial charge in [0, 0.05) is 0 Å². The summed E-state index contributed by atoms with van der Waals surface area (Å²) in [6, 6.07) is 9.48. The van der Waals surface area contributed by atoms with Crippen LogP contribution >= 0.6 is 0 Å². The molecule has 0 atom stereocenters. The van der Waals surface area contributed by atoms with E-state index in [1.54, 1.807) is 0 Å². The molecule has 1 aromatic carbocycles. The zero-order valence-electron chi connectivity index (χ0n) is 8.36. The zero-order chi connectivity index (χ0) is 9.94. The third kappa shape index (κ3) is 7.50. The molecule has 0 heterocycles.